The third kappa shape index (κ3) is 7.21. The van der Waals surface area contributed by atoms with Crippen LogP contribution in [0.1, 0.15) is 58.3 Å². The van der Waals surface area contributed by atoms with Gasteiger partial charge in [-0.15, -0.1) is 0 Å². The van der Waals surface area contributed by atoms with Crippen molar-refractivity contribution in [3.8, 4) is 0 Å². The van der Waals surface area contributed by atoms with Gasteiger partial charge in [-0.1, -0.05) is 51.9 Å². The van der Waals surface area contributed by atoms with E-state index in [1.165, 1.54) is 62.9 Å². The van der Waals surface area contributed by atoms with Crippen LogP contribution in [0.5, 0.6) is 0 Å². The van der Waals surface area contributed by atoms with Crippen LogP contribution in [-0.4, -0.2) is 10.9 Å². The van der Waals surface area contributed by atoms with Gasteiger partial charge in [-0.3, -0.25) is 0 Å². The van der Waals surface area contributed by atoms with E-state index in [1.807, 2.05) is 6.07 Å². The molecule has 0 aromatic carbocycles. The van der Waals surface area contributed by atoms with E-state index in [-0.39, 0.29) is 0 Å². The first-order valence-corrected chi connectivity index (χ1v) is 7.56. The fraction of sp³-hybridized carbons (Fsp3) is 0.769. The Morgan fingerprint density at radius 2 is 1.76 bits per heavy atom. The molecule has 0 fully saturated rings. The number of nitrogens with one attached hydrogen (secondary N) is 1. The van der Waals surface area contributed by atoms with E-state index in [4.69, 9.17) is 5.73 Å². The highest BCUT2D eigenvalue weighted by atomic mass is 32.1. The van der Waals surface area contributed by atoms with Crippen LogP contribution >= 0.6 is 11.5 Å². The Morgan fingerprint density at radius 1 is 1.12 bits per heavy atom. The quantitative estimate of drug-likeness (QED) is 0.614. The molecule has 3 nitrogen and oxygen atoms in total. The van der Waals surface area contributed by atoms with Gasteiger partial charge >= 0.3 is 0 Å². The van der Waals surface area contributed by atoms with Crippen LogP contribution in [0.4, 0.5) is 10.8 Å². The van der Waals surface area contributed by atoms with Gasteiger partial charge in [-0.05, 0) is 18.0 Å². The Morgan fingerprint density at radius 3 is 2.35 bits per heavy atom. The van der Waals surface area contributed by atoms with Crippen LogP contribution in [0.3, 0.4) is 0 Å². The average Bonchev–Trinajstić information content (AvgIpc) is 2.73. The first-order valence-electron chi connectivity index (χ1n) is 6.79. The van der Waals surface area contributed by atoms with Gasteiger partial charge in [0.25, 0.3) is 0 Å². The number of nitrogens with two attached hydrogens (primary N) is 1. The molecule has 0 spiro atoms. The molecule has 0 atom stereocenters. The van der Waals surface area contributed by atoms with Crippen molar-refractivity contribution in [1.29, 1.82) is 0 Å². The van der Waals surface area contributed by atoms with Gasteiger partial charge in [0.15, 0.2) is 0 Å². The SMILES string of the molecule is CCCCCCCCCCNc1cc(N)ns1. The molecular formula is C13H25N3S. The summed E-state index contributed by atoms with van der Waals surface area (Å²) in [6.45, 7) is 3.30. The van der Waals surface area contributed by atoms with E-state index in [9.17, 15) is 0 Å². The largest absolute Gasteiger partial charge is 0.383 e. The van der Waals surface area contributed by atoms with Gasteiger partial charge in [0, 0.05) is 12.6 Å². The number of nitrogens with zero attached hydrogens (tertiary/aromatic N) is 1. The van der Waals surface area contributed by atoms with Gasteiger partial charge in [0.05, 0.1) is 0 Å². The summed E-state index contributed by atoms with van der Waals surface area (Å²) in [4.78, 5) is 0. The second-order valence-corrected chi connectivity index (χ2v) is 5.32. The zero-order chi connectivity index (χ0) is 12.3. The molecule has 1 aromatic rings. The molecule has 1 rings (SSSR count). The van der Waals surface area contributed by atoms with Gasteiger partial charge in [-0.2, -0.15) is 4.37 Å². The van der Waals surface area contributed by atoms with Crippen LogP contribution in [0.2, 0.25) is 0 Å². The predicted molar refractivity (Wildman–Crippen MR) is 77.6 cm³/mol. The smallest absolute Gasteiger partial charge is 0.139 e. The fourth-order valence-corrected chi connectivity index (χ4v) is 2.44. The number of hydrogen-bond acceptors (Lipinski definition) is 4. The number of aromatic nitrogens is 1. The number of anilines is 2. The maximum atomic E-state index is 5.55. The summed E-state index contributed by atoms with van der Waals surface area (Å²) in [6, 6.07) is 1.90. The standard InChI is InChI=1S/C13H25N3S/c1-2-3-4-5-6-7-8-9-10-15-13-11-12(14)16-17-13/h11,15H,2-10H2,1H3,(H2,14,16). The molecule has 0 amide bonds. The Bertz CT molecular complexity index is 286. The van der Waals surface area contributed by atoms with Crippen LogP contribution < -0.4 is 11.1 Å². The van der Waals surface area contributed by atoms with E-state index >= 15 is 0 Å². The number of rotatable bonds is 10. The highest BCUT2D eigenvalue weighted by Gasteiger charge is 1.97. The topological polar surface area (TPSA) is 50.9 Å². The number of unbranched alkanes of at least 4 members (excludes halogenated alkanes) is 7. The molecule has 1 aromatic heterocycles. The molecule has 0 saturated heterocycles. The van der Waals surface area contributed by atoms with Crippen LogP contribution in [0.15, 0.2) is 6.07 Å². The first-order chi connectivity index (χ1) is 8.33. The highest BCUT2D eigenvalue weighted by Crippen LogP contribution is 2.17. The lowest BCUT2D eigenvalue weighted by molar-refractivity contribution is 0.581. The van der Waals surface area contributed by atoms with Gasteiger partial charge in [0.2, 0.25) is 0 Å². The van der Waals surface area contributed by atoms with E-state index in [2.05, 4.69) is 16.6 Å². The van der Waals surface area contributed by atoms with Gasteiger partial charge in [0.1, 0.15) is 10.8 Å². The van der Waals surface area contributed by atoms with Crippen LogP contribution in [-0.2, 0) is 0 Å². The van der Waals surface area contributed by atoms with Gasteiger partial charge in [-0.25, -0.2) is 0 Å². The Kier molecular flexibility index (Phi) is 7.80. The zero-order valence-electron chi connectivity index (χ0n) is 10.9. The van der Waals surface area contributed by atoms with E-state index < -0.39 is 0 Å². The van der Waals surface area contributed by atoms with E-state index in [0.717, 1.165) is 11.5 Å². The maximum absolute atomic E-state index is 5.55. The Labute approximate surface area is 109 Å². The zero-order valence-corrected chi connectivity index (χ0v) is 11.7. The lowest BCUT2D eigenvalue weighted by Gasteiger charge is -2.03. The molecule has 0 saturated carbocycles. The second-order valence-electron chi connectivity index (χ2n) is 4.52. The lowest BCUT2D eigenvalue weighted by atomic mass is 10.1. The molecule has 17 heavy (non-hydrogen) atoms. The fourth-order valence-electron chi connectivity index (χ4n) is 1.84. The average molecular weight is 255 g/mol. The molecule has 98 valence electrons. The minimum Gasteiger partial charge on any atom is -0.383 e. The minimum absolute atomic E-state index is 0.619. The summed E-state index contributed by atoms with van der Waals surface area (Å²) in [7, 11) is 0. The lowest BCUT2D eigenvalue weighted by Crippen LogP contribution is -1.99. The molecule has 0 aliphatic heterocycles. The molecule has 3 N–H and O–H groups in total. The van der Waals surface area contributed by atoms with Crippen LogP contribution in [0.25, 0.3) is 0 Å². The van der Waals surface area contributed by atoms with Crippen molar-refractivity contribution in [2.75, 3.05) is 17.6 Å². The van der Waals surface area contributed by atoms with Gasteiger partial charge < -0.3 is 11.1 Å². The summed E-state index contributed by atoms with van der Waals surface area (Å²) >= 11 is 1.44. The Balaban J connectivity index is 1.84. The minimum atomic E-state index is 0.619. The van der Waals surface area contributed by atoms with Crippen molar-refractivity contribution in [3.63, 3.8) is 0 Å². The summed E-state index contributed by atoms with van der Waals surface area (Å²) in [5, 5.41) is 4.44. The molecule has 4 heteroatoms. The third-order valence-corrected chi connectivity index (χ3v) is 3.62. The molecule has 1 heterocycles. The summed E-state index contributed by atoms with van der Waals surface area (Å²) in [6.07, 6.45) is 10.9. The highest BCUT2D eigenvalue weighted by molar-refractivity contribution is 7.10. The van der Waals surface area contributed by atoms with Crippen molar-refractivity contribution in [2.45, 2.75) is 58.3 Å². The van der Waals surface area contributed by atoms with Crippen LogP contribution in [0, 0.1) is 0 Å². The summed E-state index contributed by atoms with van der Waals surface area (Å²) in [5.41, 5.74) is 5.55. The molecule has 0 radical (unpaired) electrons. The normalized spacial score (nSPS) is 10.6. The maximum Gasteiger partial charge on any atom is 0.139 e. The van der Waals surface area contributed by atoms with Crippen molar-refractivity contribution in [1.82, 2.24) is 4.37 Å². The molecule has 0 aliphatic rings. The second kappa shape index (κ2) is 9.28. The molecule has 0 bridgehead atoms. The molecular weight excluding hydrogens is 230 g/mol. The first kappa shape index (κ1) is 14.3. The Hall–Kier alpha value is -0.770. The summed E-state index contributed by atoms with van der Waals surface area (Å²) in [5.74, 6) is 0.619. The number of hydrogen-bond donors (Lipinski definition) is 2. The van der Waals surface area contributed by atoms with Crippen molar-refractivity contribution in [2.24, 2.45) is 0 Å². The monoisotopic (exact) mass is 255 g/mol. The third-order valence-electron chi connectivity index (χ3n) is 2.86. The molecule has 0 aliphatic carbocycles. The molecule has 0 unspecified atom stereocenters. The van der Waals surface area contributed by atoms with Crippen molar-refractivity contribution >= 4 is 22.4 Å². The predicted octanol–water partition coefficient (Wildman–Crippen LogP) is 4.28. The summed E-state index contributed by atoms with van der Waals surface area (Å²) < 4.78 is 4.03. The van der Waals surface area contributed by atoms with Crippen molar-refractivity contribution < 1.29 is 0 Å². The van der Waals surface area contributed by atoms with Crippen molar-refractivity contribution in [3.05, 3.63) is 6.07 Å². The van der Waals surface area contributed by atoms with E-state index in [1.54, 1.807) is 0 Å². The number of nitrogen functional groups attached to an aromatic ring is 1. The van der Waals surface area contributed by atoms with E-state index in [0.29, 0.717) is 5.82 Å².